The van der Waals surface area contributed by atoms with E-state index in [4.69, 9.17) is 16.3 Å². The number of nitrogens with zero attached hydrogens (tertiary/aromatic N) is 3. The van der Waals surface area contributed by atoms with Gasteiger partial charge >= 0.3 is 5.97 Å². The Hall–Kier alpha value is -3.85. The molecule has 0 saturated heterocycles. The first-order valence-corrected chi connectivity index (χ1v) is 13.6. The number of benzene rings is 2. The van der Waals surface area contributed by atoms with Crippen molar-refractivity contribution in [1.29, 1.82) is 0 Å². The number of hydrogen-bond acceptors (Lipinski definition) is 6. The van der Waals surface area contributed by atoms with E-state index in [-0.39, 0.29) is 29.3 Å². The summed E-state index contributed by atoms with van der Waals surface area (Å²) in [5, 5.41) is 15.6. The summed E-state index contributed by atoms with van der Waals surface area (Å²) in [5.74, 6) is 4.77. The maximum atomic E-state index is 15.7. The second kappa shape index (κ2) is 11.1. The molecule has 0 bridgehead atoms. The SMILES string of the molecule is CC(Oc1cccc(-c2cccc(-n3ncc(C(=O)O)c3[C@@H]3CC3/C(N)=C/N(C)N)c2)c1F)C1CCCCC1. The summed E-state index contributed by atoms with van der Waals surface area (Å²) in [5.41, 5.74) is 9.20. The minimum absolute atomic E-state index is 0.0369. The van der Waals surface area contributed by atoms with E-state index in [2.05, 4.69) is 5.10 Å². The lowest BCUT2D eigenvalue weighted by atomic mass is 9.86. The predicted octanol–water partition coefficient (Wildman–Crippen LogP) is 5.43. The largest absolute Gasteiger partial charge is 0.487 e. The molecule has 39 heavy (non-hydrogen) atoms. The van der Waals surface area contributed by atoms with Crippen molar-refractivity contribution in [3.8, 4) is 22.6 Å². The Morgan fingerprint density at radius 3 is 2.69 bits per heavy atom. The summed E-state index contributed by atoms with van der Waals surface area (Å²) in [6.45, 7) is 2.03. The Balaban J connectivity index is 1.45. The van der Waals surface area contributed by atoms with Crippen molar-refractivity contribution < 1.29 is 19.0 Å². The summed E-state index contributed by atoms with van der Waals surface area (Å²) in [6, 6.07) is 12.5. The molecule has 5 N–H and O–H groups in total. The van der Waals surface area contributed by atoms with E-state index >= 15 is 4.39 Å². The average molecular weight is 534 g/mol. The van der Waals surface area contributed by atoms with Crippen LogP contribution >= 0.6 is 0 Å². The summed E-state index contributed by atoms with van der Waals surface area (Å²) < 4.78 is 23.5. The van der Waals surface area contributed by atoms with Crippen LogP contribution in [0, 0.1) is 17.7 Å². The van der Waals surface area contributed by atoms with Crippen molar-refractivity contribution in [2.75, 3.05) is 7.05 Å². The Morgan fingerprint density at radius 1 is 1.23 bits per heavy atom. The summed E-state index contributed by atoms with van der Waals surface area (Å²) >= 11 is 0. The molecule has 2 fully saturated rings. The van der Waals surface area contributed by atoms with Gasteiger partial charge in [0.1, 0.15) is 5.56 Å². The number of aromatic nitrogens is 2. The molecule has 0 amide bonds. The molecule has 3 aromatic rings. The zero-order chi connectivity index (χ0) is 27.7. The van der Waals surface area contributed by atoms with E-state index in [9.17, 15) is 9.90 Å². The minimum Gasteiger partial charge on any atom is -0.487 e. The molecule has 1 aromatic heterocycles. The molecule has 2 aliphatic carbocycles. The molecule has 2 unspecified atom stereocenters. The zero-order valence-electron chi connectivity index (χ0n) is 22.4. The standard InChI is InChI=1S/C30H36FN5O3/c1-18(19-8-4-3-5-9-19)39-27-13-7-12-22(28(27)31)20-10-6-11-21(14-20)36-29(25(16-34-36)30(37)38)24-15-23(24)26(32)17-35(2)33/h6-7,10-14,16-19,23-24H,3-5,8-9,15,32-33H2,1-2H3,(H,37,38)/b26-17-/t18?,23?,24-/m1/s1. The Morgan fingerprint density at radius 2 is 1.97 bits per heavy atom. The normalized spacial score (nSPS) is 20.5. The van der Waals surface area contributed by atoms with Crippen LogP contribution in [0.2, 0.25) is 0 Å². The molecule has 5 rings (SSSR count). The van der Waals surface area contributed by atoms with Crippen LogP contribution in [0.4, 0.5) is 4.39 Å². The third-order valence-electron chi connectivity index (χ3n) is 7.95. The van der Waals surface area contributed by atoms with Crippen LogP contribution in [-0.2, 0) is 0 Å². The smallest absolute Gasteiger partial charge is 0.339 e. The third kappa shape index (κ3) is 5.63. The van der Waals surface area contributed by atoms with Gasteiger partial charge in [0.15, 0.2) is 11.6 Å². The van der Waals surface area contributed by atoms with Crippen LogP contribution in [0.25, 0.3) is 16.8 Å². The van der Waals surface area contributed by atoms with Gasteiger partial charge in [-0.1, -0.05) is 43.5 Å². The maximum Gasteiger partial charge on any atom is 0.339 e. The predicted molar refractivity (Wildman–Crippen MR) is 148 cm³/mol. The molecule has 0 spiro atoms. The quantitative estimate of drug-likeness (QED) is 0.248. The molecule has 1 heterocycles. The first-order chi connectivity index (χ1) is 18.7. The lowest BCUT2D eigenvalue weighted by molar-refractivity contribution is 0.0695. The second-order valence-corrected chi connectivity index (χ2v) is 10.8. The maximum absolute atomic E-state index is 15.7. The fourth-order valence-corrected chi connectivity index (χ4v) is 5.81. The van der Waals surface area contributed by atoms with Gasteiger partial charge in [-0.15, -0.1) is 0 Å². The molecule has 9 heteroatoms. The number of rotatable bonds is 9. The number of hydrogen-bond donors (Lipinski definition) is 3. The lowest BCUT2D eigenvalue weighted by Gasteiger charge is -2.28. The van der Waals surface area contributed by atoms with Crippen molar-refractivity contribution in [3.05, 3.63) is 77.6 Å². The fourth-order valence-electron chi connectivity index (χ4n) is 5.81. The van der Waals surface area contributed by atoms with Crippen molar-refractivity contribution in [1.82, 2.24) is 14.8 Å². The van der Waals surface area contributed by atoms with Gasteiger partial charge in [-0.2, -0.15) is 5.10 Å². The first-order valence-electron chi connectivity index (χ1n) is 13.6. The first kappa shape index (κ1) is 26.7. The van der Waals surface area contributed by atoms with Gasteiger partial charge in [0.2, 0.25) is 0 Å². The molecule has 206 valence electrons. The molecule has 2 aromatic carbocycles. The number of ether oxygens (including phenoxy) is 1. The third-order valence-corrected chi connectivity index (χ3v) is 7.95. The number of carboxylic acid groups (broad SMARTS) is 1. The number of aromatic carboxylic acids is 1. The van der Waals surface area contributed by atoms with Crippen LogP contribution in [0.15, 0.2) is 60.6 Å². The lowest BCUT2D eigenvalue weighted by Crippen LogP contribution is -2.26. The molecule has 2 saturated carbocycles. The number of carbonyl (C=O) groups is 1. The minimum atomic E-state index is -1.06. The molecule has 0 radical (unpaired) electrons. The van der Waals surface area contributed by atoms with E-state index in [0.29, 0.717) is 40.5 Å². The van der Waals surface area contributed by atoms with Gasteiger partial charge in [0, 0.05) is 36.3 Å². The number of halogens is 1. The summed E-state index contributed by atoms with van der Waals surface area (Å²) in [7, 11) is 1.68. The summed E-state index contributed by atoms with van der Waals surface area (Å²) in [4.78, 5) is 12.0. The van der Waals surface area contributed by atoms with Gasteiger partial charge in [0.25, 0.3) is 0 Å². The molecular formula is C30H36FN5O3. The van der Waals surface area contributed by atoms with E-state index in [1.54, 1.807) is 36.1 Å². The van der Waals surface area contributed by atoms with Crippen molar-refractivity contribution in [2.45, 2.75) is 57.5 Å². The van der Waals surface area contributed by atoms with Crippen LogP contribution in [0.5, 0.6) is 5.75 Å². The number of allylic oxidation sites excluding steroid dienone is 1. The van der Waals surface area contributed by atoms with Crippen molar-refractivity contribution in [3.63, 3.8) is 0 Å². The monoisotopic (exact) mass is 533 g/mol. The van der Waals surface area contributed by atoms with Crippen LogP contribution in [0.3, 0.4) is 0 Å². The van der Waals surface area contributed by atoms with Gasteiger partial charge < -0.3 is 20.6 Å². The Kier molecular flexibility index (Phi) is 7.61. The topological polar surface area (TPSA) is 120 Å². The van der Waals surface area contributed by atoms with E-state index < -0.39 is 11.8 Å². The molecule has 2 aliphatic rings. The Labute approximate surface area is 228 Å². The number of carboxylic acids is 1. The number of hydrazine groups is 1. The van der Waals surface area contributed by atoms with Crippen LogP contribution in [0.1, 0.15) is 67.4 Å². The highest BCUT2D eigenvalue weighted by Crippen LogP contribution is 2.52. The average Bonchev–Trinajstić information content (AvgIpc) is 3.59. The molecule has 0 aliphatic heterocycles. The highest BCUT2D eigenvalue weighted by Gasteiger charge is 2.45. The van der Waals surface area contributed by atoms with E-state index in [1.165, 1.54) is 30.5 Å². The van der Waals surface area contributed by atoms with E-state index in [0.717, 1.165) is 12.8 Å². The van der Waals surface area contributed by atoms with Gasteiger partial charge in [-0.25, -0.2) is 19.7 Å². The highest BCUT2D eigenvalue weighted by atomic mass is 19.1. The Bertz CT molecular complexity index is 1380. The zero-order valence-corrected chi connectivity index (χ0v) is 22.4. The van der Waals surface area contributed by atoms with Gasteiger partial charge in [0.05, 0.1) is 23.7 Å². The highest BCUT2D eigenvalue weighted by molar-refractivity contribution is 5.89. The molecule has 3 atom stereocenters. The van der Waals surface area contributed by atoms with Crippen molar-refractivity contribution >= 4 is 5.97 Å². The number of nitrogens with two attached hydrogens (primary N) is 2. The van der Waals surface area contributed by atoms with Crippen LogP contribution in [-0.4, -0.2) is 39.0 Å². The van der Waals surface area contributed by atoms with Gasteiger partial charge in [-0.3, -0.25) is 0 Å². The van der Waals surface area contributed by atoms with Crippen molar-refractivity contribution in [2.24, 2.45) is 23.4 Å². The van der Waals surface area contributed by atoms with E-state index in [1.807, 2.05) is 31.2 Å². The molecular weight excluding hydrogens is 497 g/mol. The fraction of sp³-hybridized carbons (Fsp3) is 0.400. The molecule has 8 nitrogen and oxygen atoms in total. The second-order valence-electron chi connectivity index (χ2n) is 10.8. The van der Waals surface area contributed by atoms with Crippen LogP contribution < -0.4 is 16.3 Å². The van der Waals surface area contributed by atoms with Gasteiger partial charge in [-0.05, 0) is 55.9 Å². The summed E-state index contributed by atoms with van der Waals surface area (Å²) in [6.07, 6.45) is 9.50.